The summed E-state index contributed by atoms with van der Waals surface area (Å²) in [5.74, 6) is 3.04. The van der Waals surface area contributed by atoms with Gasteiger partial charge in [0, 0.05) is 12.1 Å². The fourth-order valence-electron chi connectivity index (χ4n) is 4.84. The Morgan fingerprint density at radius 2 is 1.63 bits per heavy atom. The zero-order valence-corrected chi connectivity index (χ0v) is 24.5. The first kappa shape index (κ1) is 28.3. The number of hydrogen-bond donors (Lipinski definition) is 1. The van der Waals surface area contributed by atoms with Crippen molar-refractivity contribution in [1.82, 2.24) is 20.1 Å². The molecule has 1 aromatic heterocycles. The number of aromatic nitrogens is 3. The largest absolute Gasteiger partial charge is 0.497 e. The zero-order chi connectivity index (χ0) is 29.6. The lowest BCUT2D eigenvalue weighted by molar-refractivity contribution is 0.0940. The maximum Gasteiger partial charge on any atom is 0.291 e. The Kier molecular flexibility index (Phi) is 8.56. The molecule has 0 atom stereocenters. The van der Waals surface area contributed by atoms with E-state index in [9.17, 15) is 4.79 Å². The van der Waals surface area contributed by atoms with Gasteiger partial charge in [-0.05, 0) is 78.4 Å². The van der Waals surface area contributed by atoms with E-state index in [2.05, 4.69) is 15.4 Å². The van der Waals surface area contributed by atoms with Crippen LogP contribution in [-0.2, 0) is 13.2 Å². The van der Waals surface area contributed by atoms with Crippen LogP contribution in [0.4, 0.5) is 0 Å². The number of benzene rings is 4. The van der Waals surface area contributed by atoms with E-state index in [-0.39, 0.29) is 11.7 Å². The van der Waals surface area contributed by atoms with Crippen molar-refractivity contribution in [3.63, 3.8) is 0 Å². The first-order valence-electron chi connectivity index (χ1n) is 14.2. The molecular weight excluding hydrogens is 564 g/mol. The Labute approximate surface area is 255 Å². The van der Waals surface area contributed by atoms with Gasteiger partial charge in [0.05, 0.1) is 17.8 Å². The fraction of sp³-hybridized carbons (Fsp3) is 0.206. The molecule has 218 valence electrons. The number of carbonyl (C=O) groups is 1. The Balaban J connectivity index is 1.11. The van der Waals surface area contributed by atoms with Crippen LogP contribution >= 0.6 is 11.6 Å². The molecule has 1 amide bonds. The zero-order valence-electron chi connectivity index (χ0n) is 23.7. The molecule has 43 heavy (non-hydrogen) atoms. The van der Waals surface area contributed by atoms with Gasteiger partial charge in [-0.2, -0.15) is 0 Å². The van der Waals surface area contributed by atoms with Crippen molar-refractivity contribution in [3.05, 3.63) is 125 Å². The van der Waals surface area contributed by atoms with E-state index < -0.39 is 0 Å². The van der Waals surface area contributed by atoms with Crippen molar-refractivity contribution in [1.29, 1.82) is 0 Å². The molecule has 9 heteroatoms. The van der Waals surface area contributed by atoms with Crippen molar-refractivity contribution in [2.24, 2.45) is 0 Å². The first-order valence-corrected chi connectivity index (χ1v) is 14.5. The summed E-state index contributed by atoms with van der Waals surface area (Å²) in [6.07, 6.45) is 4.84. The second-order valence-electron chi connectivity index (χ2n) is 10.4. The summed E-state index contributed by atoms with van der Waals surface area (Å²) < 4.78 is 18.9. The number of para-hydroxylation sites is 1. The minimum atomic E-state index is -0.367. The lowest BCUT2D eigenvalue weighted by atomic mass is 9.79. The van der Waals surface area contributed by atoms with Gasteiger partial charge in [-0.1, -0.05) is 60.5 Å². The Bertz CT molecular complexity index is 1680. The smallest absolute Gasteiger partial charge is 0.291 e. The van der Waals surface area contributed by atoms with Gasteiger partial charge in [0.1, 0.15) is 35.9 Å². The van der Waals surface area contributed by atoms with Crippen LogP contribution in [0.1, 0.15) is 52.5 Å². The minimum absolute atomic E-state index is 0.0742. The summed E-state index contributed by atoms with van der Waals surface area (Å²) in [6.45, 7) is 0.718. The highest BCUT2D eigenvalue weighted by atomic mass is 35.5. The first-order chi connectivity index (χ1) is 21.1. The van der Waals surface area contributed by atoms with Crippen molar-refractivity contribution in [3.8, 4) is 28.7 Å². The number of amides is 1. The molecule has 0 radical (unpaired) electrons. The van der Waals surface area contributed by atoms with Crippen LogP contribution < -0.4 is 19.5 Å². The van der Waals surface area contributed by atoms with Crippen LogP contribution in [0.15, 0.2) is 97.3 Å². The lowest BCUT2D eigenvalue weighted by Crippen LogP contribution is -2.24. The summed E-state index contributed by atoms with van der Waals surface area (Å²) in [6, 6.07) is 28.7. The number of rotatable bonds is 11. The molecule has 1 aliphatic rings. The van der Waals surface area contributed by atoms with Crippen LogP contribution in [0.25, 0.3) is 5.69 Å². The quantitative estimate of drug-likeness (QED) is 0.170. The Morgan fingerprint density at radius 3 is 2.33 bits per heavy atom. The van der Waals surface area contributed by atoms with Gasteiger partial charge in [-0.25, -0.2) is 9.67 Å². The number of methoxy groups -OCH3 is 1. The Morgan fingerprint density at radius 1 is 0.930 bits per heavy atom. The molecule has 4 aromatic carbocycles. The minimum Gasteiger partial charge on any atom is -0.497 e. The van der Waals surface area contributed by atoms with Crippen molar-refractivity contribution in [2.45, 2.75) is 38.3 Å². The van der Waals surface area contributed by atoms with E-state index in [1.165, 1.54) is 12.7 Å². The third-order valence-electron chi connectivity index (χ3n) is 7.46. The molecule has 0 spiro atoms. The molecule has 0 bridgehead atoms. The summed E-state index contributed by atoms with van der Waals surface area (Å²) in [7, 11) is 1.64. The maximum absolute atomic E-state index is 12.9. The van der Waals surface area contributed by atoms with Gasteiger partial charge in [0.15, 0.2) is 0 Å². The van der Waals surface area contributed by atoms with Crippen LogP contribution in [0.2, 0.25) is 5.02 Å². The van der Waals surface area contributed by atoms with E-state index in [1.807, 2.05) is 84.9 Å². The summed E-state index contributed by atoms with van der Waals surface area (Å²) in [5, 5.41) is 7.82. The highest BCUT2D eigenvalue weighted by molar-refractivity contribution is 6.32. The molecule has 5 aromatic rings. The monoisotopic (exact) mass is 594 g/mol. The standard InChI is InChI=1S/C34H31ClN4O4/c1-41-27-14-12-24(13-15-27)21-42-32-30(25-6-5-7-25)18-26(19-31(32)35)39-22-37-33(38-39)34(40)36-20-23-10-16-29(17-11-23)43-28-8-3-2-4-9-28/h2-4,8-19,22,25H,5-7,20-21H2,1H3,(H,36,40). The second-order valence-corrected chi connectivity index (χ2v) is 10.8. The van der Waals surface area contributed by atoms with Gasteiger partial charge in [-0.3, -0.25) is 4.79 Å². The molecule has 0 unspecified atom stereocenters. The predicted octanol–water partition coefficient (Wildman–Crippen LogP) is 7.50. The van der Waals surface area contributed by atoms with Gasteiger partial charge in [0.25, 0.3) is 5.91 Å². The molecule has 1 fully saturated rings. The van der Waals surface area contributed by atoms with Crippen LogP contribution in [0.3, 0.4) is 0 Å². The summed E-state index contributed by atoms with van der Waals surface area (Å²) >= 11 is 6.77. The number of hydrogen-bond acceptors (Lipinski definition) is 6. The number of nitrogens with zero attached hydrogens (tertiary/aromatic N) is 3. The van der Waals surface area contributed by atoms with E-state index in [0.29, 0.717) is 29.8 Å². The highest BCUT2D eigenvalue weighted by Crippen LogP contribution is 2.45. The second kappa shape index (κ2) is 13.0. The van der Waals surface area contributed by atoms with E-state index >= 15 is 0 Å². The van der Waals surface area contributed by atoms with Gasteiger partial charge in [-0.15, -0.1) is 5.10 Å². The average molecular weight is 595 g/mol. The van der Waals surface area contributed by atoms with Gasteiger partial charge < -0.3 is 19.5 Å². The molecule has 1 aliphatic carbocycles. The highest BCUT2D eigenvalue weighted by Gasteiger charge is 2.26. The third-order valence-corrected chi connectivity index (χ3v) is 7.74. The molecule has 1 N–H and O–H groups in total. The van der Waals surface area contributed by atoms with E-state index in [1.54, 1.807) is 17.9 Å². The number of halogens is 1. The van der Waals surface area contributed by atoms with Gasteiger partial charge >= 0.3 is 0 Å². The van der Waals surface area contributed by atoms with Crippen molar-refractivity contribution < 1.29 is 19.0 Å². The van der Waals surface area contributed by atoms with Gasteiger partial charge in [0.2, 0.25) is 5.82 Å². The van der Waals surface area contributed by atoms with E-state index in [4.69, 9.17) is 25.8 Å². The molecule has 1 heterocycles. The SMILES string of the molecule is COc1ccc(COc2c(Cl)cc(-n3cnc(C(=O)NCc4ccc(Oc5ccccc5)cc4)n3)cc2C2CCC2)cc1. The fourth-order valence-corrected chi connectivity index (χ4v) is 5.11. The lowest BCUT2D eigenvalue weighted by Gasteiger charge is -2.28. The van der Waals surface area contributed by atoms with Crippen LogP contribution in [0.5, 0.6) is 23.0 Å². The average Bonchev–Trinajstić information content (AvgIpc) is 3.51. The number of nitrogens with one attached hydrogen (secondary N) is 1. The molecule has 6 rings (SSSR count). The molecule has 1 saturated carbocycles. The van der Waals surface area contributed by atoms with E-state index in [0.717, 1.165) is 52.5 Å². The molecule has 8 nitrogen and oxygen atoms in total. The Hall–Kier alpha value is -4.82. The topological polar surface area (TPSA) is 87.5 Å². The number of ether oxygens (including phenoxy) is 3. The molecule has 0 saturated heterocycles. The molecule has 0 aliphatic heterocycles. The summed E-state index contributed by atoms with van der Waals surface area (Å²) in [4.78, 5) is 17.1. The van der Waals surface area contributed by atoms with Crippen LogP contribution in [0, 0.1) is 0 Å². The summed E-state index contributed by atoms with van der Waals surface area (Å²) in [5.41, 5.74) is 3.71. The van der Waals surface area contributed by atoms with Crippen LogP contribution in [-0.4, -0.2) is 27.8 Å². The third kappa shape index (κ3) is 6.81. The van der Waals surface area contributed by atoms with Crippen molar-refractivity contribution >= 4 is 17.5 Å². The maximum atomic E-state index is 12.9. The predicted molar refractivity (Wildman–Crippen MR) is 164 cm³/mol. The number of carbonyl (C=O) groups excluding carboxylic acids is 1. The van der Waals surface area contributed by atoms with Crippen molar-refractivity contribution in [2.75, 3.05) is 7.11 Å². The molecular formula is C34H31ClN4O4. The normalized spacial score (nSPS) is 12.8.